The molecule has 0 radical (unpaired) electrons. The number of halogens is 1. The fourth-order valence-corrected chi connectivity index (χ4v) is 5.63. The lowest BCUT2D eigenvalue weighted by molar-refractivity contribution is -0.0474. The summed E-state index contributed by atoms with van der Waals surface area (Å²) < 4.78 is 13.4. The standard InChI is InChI=1S/C26H33FO3/c1-2-4-21-22-6-3-5-20(22)18(11-16-7-9-19(27)10-8-16)14-23(21)24-12-17(15-28)13-25(29)26(24)30/h7-10,14,17,24-26,28-30H,2-6,11-13,15H2,1H3. The topological polar surface area (TPSA) is 60.7 Å². The maximum atomic E-state index is 13.4. The highest BCUT2D eigenvalue weighted by Crippen LogP contribution is 2.42. The van der Waals surface area contributed by atoms with Crippen molar-refractivity contribution in [3.05, 3.63) is 69.5 Å². The minimum atomic E-state index is -0.804. The Kier molecular flexibility index (Phi) is 6.57. The third-order valence-electron chi connectivity index (χ3n) is 7.08. The average molecular weight is 413 g/mol. The summed E-state index contributed by atoms with van der Waals surface area (Å²) in [6.45, 7) is 2.22. The summed E-state index contributed by atoms with van der Waals surface area (Å²) in [6, 6.07) is 8.96. The molecule has 3 N–H and O–H groups in total. The Labute approximate surface area is 178 Å². The Balaban J connectivity index is 1.79. The highest BCUT2D eigenvalue weighted by atomic mass is 19.1. The molecule has 2 aliphatic carbocycles. The zero-order valence-corrected chi connectivity index (χ0v) is 17.8. The SMILES string of the molecule is CCCc1c(C2CC(CO)CC(O)C2O)cc(Cc2ccc(F)cc2)c2c1CCC2. The minimum absolute atomic E-state index is 0.0108. The highest BCUT2D eigenvalue weighted by Gasteiger charge is 2.38. The molecule has 0 saturated heterocycles. The van der Waals surface area contributed by atoms with Gasteiger partial charge in [0.15, 0.2) is 0 Å². The molecule has 4 rings (SSSR count). The van der Waals surface area contributed by atoms with E-state index in [4.69, 9.17) is 0 Å². The summed E-state index contributed by atoms with van der Waals surface area (Å²) in [7, 11) is 0. The lowest BCUT2D eigenvalue weighted by Gasteiger charge is -2.38. The lowest BCUT2D eigenvalue weighted by Crippen LogP contribution is -2.41. The van der Waals surface area contributed by atoms with Gasteiger partial charge in [-0.25, -0.2) is 4.39 Å². The first-order valence-corrected chi connectivity index (χ1v) is 11.4. The van der Waals surface area contributed by atoms with Gasteiger partial charge in [-0.05, 0) is 96.4 Å². The van der Waals surface area contributed by atoms with Gasteiger partial charge in [0.2, 0.25) is 0 Å². The molecule has 0 amide bonds. The smallest absolute Gasteiger partial charge is 0.123 e. The molecule has 162 valence electrons. The van der Waals surface area contributed by atoms with Crippen molar-refractivity contribution in [2.24, 2.45) is 5.92 Å². The van der Waals surface area contributed by atoms with Crippen molar-refractivity contribution in [2.45, 2.75) is 76.4 Å². The van der Waals surface area contributed by atoms with Crippen molar-refractivity contribution < 1.29 is 19.7 Å². The van der Waals surface area contributed by atoms with E-state index in [0.29, 0.717) is 12.8 Å². The van der Waals surface area contributed by atoms with Crippen molar-refractivity contribution in [1.82, 2.24) is 0 Å². The predicted octanol–water partition coefficient (Wildman–Crippen LogP) is 4.07. The van der Waals surface area contributed by atoms with E-state index >= 15 is 0 Å². The molecule has 4 unspecified atom stereocenters. The van der Waals surface area contributed by atoms with Crippen molar-refractivity contribution in [2.75, 3.05) is 6.61 Å². The van der Waals surface area contributed by atoms with E-state index < -0.39 is 12.2 Å². The Morgan fingerprint density at radius 1 is 1.03 bits per heavy atom. The van der Waals surface area contributed by atoms with Crippen LogP contribution < -0.4 is 0 Å². The van der Waals surface area contributed by atoms with Crippen LogP contribution in [0.2, 0.25) is 0 Å². The quantitative estimate of drug-likeness (QED) is 0.670. The average Bonchev–Trinajstić information content (AvgIpc) is 3.23. The number of hydrogen-bond acceptors (Lipinski definition) is 3. The number of benzene rings is 2. The summed E-state index contributed by atoms with van der Waals surface area (Å²) in [4.78, 5) is 0. The van der Waals surface area contributed by atoms with Gasteiger partial charge in [-0.15, -0.1) is 0 Å². The van der Waals surface area contributed by atoms with Crippen LogP contribution in [0.15, 0.2) is 30.3 Å². The van der Waals surface area contributed by atoms with Gasteiger partial charge in [0.25, 0.3) is 0 Å². The zero-order valence-electron chi connectivity index (χ0n) is 17.8. The normalized spacial score (nSPS) is 26.0. The van der Waals surface area contributed by atoms with Gasteiger partial charge in [-0.1, -0.05) is 31.5 Å². The van der Waals surface area contributed by atoms with E-state index in [1.807, 2.05) is 12.1 Å². The van der Waals surface area contributed by atoms with E-state index in [2.05, 4.69) is 13.0 Å². The molecule has 4 atom stereocenters. The molecule has 0 bridgehead atoms. The molecule has 2 aromatic rings. The maximum absolute atomic E-state index is 13.4. The van der Waals surface area contributed by atoms with Crippen molar-refractivity contribution in [1.29, 1.82) is 0 Å². The van der Waals surface area contributed by atoms with Gasteiger partial charge in [0, 0.05) is 12.5 Å². The minimum Gasteiger partial charge on any atom is -0.396 e. The Morgan fingerprint density at radius 2 is 1.77 bits per heavy atom. The van der Waals surface area contributed by atoms with E-state index in [-0.39, 0.29) is 24.3 Å². The van der Waals surface area contributed by atoms with Gasteiger partial charge >= 0.3 is 0 Å². The number of hydrogen-bond donors (Lipinski definition) is 3. The molecule has 2 aliphatic rings. The summed E-state index contributed by atoms with van der Waals surface area (Å²) in [6.07, 6.45) is 5.55. The second kappa shape index (κ2) is 9.17. The van der Waals surface area contributed by atoms with E-state index in [1.165, 1.54) is 34.4 Å². The third-order valence-corrected chi connectivity index (χ3v) is 7.08. The first-order chi connectivity index (χ1) is 14.5. The molecule has 0 heterocycles. The first-order valence-electron chi connectivity index (χ1n) is 11.4. The molecular weight excluding hydrogens is 379 g/mol. The Morgan fingerprint density at radius 3 is 2.47 bits per heavy atom. The summed E-state index contributed by atoms with van der Waals surface area (Å²) in [5.74, 6) is -0.376. The molecule has 30 heavy (non-hydrogen) atoms. The molecule has 1 fully saturated rings. The lowest BCUT2D eigenvalue weighted by atomic mass is 9.72. The van der Waals surface area contributed by atoms with Crippen LogP contribution in [0, 0.1) is 11.7 Å². The van der Waals surface area contributed by atoms with Gasteiger partial charge in [-0.2, -0.15) is 0 Å². The first kappa shape index (κ1) is 21.5. The Bertz CT molecular complexity index is 877. The van der Waals surface area contributed by atoms with Crippen LogP contribution in [-0.4, -0.2) is 34.1 Å². The van der Waals surface area contributed by atoms with Crippen LogP contribution >= 0.6 is 0 Å². The molecule has 0 aromatic heterocycles. The van der Waals surface area contributed by atoms with Crippen LogP contribution in [0.1, 0.15) is 71.9 Å². The monoisotopic (exact) mass is 412 g/mol. The van der Waals surface area contributed by atoms with Gasteiger partial charge in [0.05, 0.1) is 12.2 Å². The van der Waals surface area contributed by atoms with Crippen molar-refractivity contribution in [3.63, 3.8) is 0 Å². The molecule has 0 spiro atoms. The number of fused-ring (bicyclic) bond motifs is 1. The van der Waals surface area contributed by atoms with E-state index in [0.717, 1.165) is 49.7 Å². The van der Waals surface area contributed by atoms with Gasteiger partial charge in [-0.3, -0.25) is 0 Å². The second-order valence-corrected chi connectivity index (χ2v) is 9.15. The van der Waals surface area contributed by atoms with Gasteiger partial charge in [0.1, 0.15) is 5.82 Å². The molecular formula is C26H33FO3. The molecule has 2 aromatic carbocycles. The van der Waals surface area contributed by atoms with Crippen LogP contribution in [0.5, 0.6) is 0 Å². The molecule has 0 aliphatic heterocycles. The fraction of sp³-hybridized carbons (Fsp3) is 0.538. The second-order valence-electron chi connectivity index (χ2n) is 9.15. The largest absolute Gasteiger partial charge is 0.396 e. The van der Waals surface area contributed by atoms with Gasteiger partial charge < -0.3 is 15.3 Å². The van der Waals surface area contributed by atoms with Crippen molar-refractivity contribution >= 4 is 0 Å². The number of rotatable bonds is 6. The summed E-state index contributed by atoms with van der Waals surface area (Å²) in [5.41, 5.74) is 7.70. The molecule has 4 heteroatoms. The van der Waals surface area contributed by atoms with Crippen LogP contribution in [0.3, 0.4) is 0 Å². The Hall–Kier alpha value is -1.75. The molecule has 3 nitrogen and oxygen atoms in total. The maximum Gasteiger partial charge on any atom is 0.123 e. The van der Waals surface area contributed by atoms with E-state index in [9.17, 15) is 19.7 Å². The summed E-state index contributed by atoms with van der Waals surface area (Å²) in [5, 5.41) is 31.1. The van der Waals surface area contributed by atoms with Crippen LogP contribution in [0.25, 0.3) is 0 Å². The van der Waals surface area contributed by atoms with Crippen LogP contribution in [0.4, 0.5) is 4.39 Å². The number of aliphatic hydroxyl groups excluding tert-OH is 3. The summed E-state index contributed by atoms with van der Waals surface area (Å²) >= 11 is 0. The number of aliphatic hydroxyl groups is 3. The third kappa shape index (κ3) is 4.18. The van der Waals surface area contributed by atoms with Crippen molar-refractivity contribution in [3.8, 4) is 0 Å². The van der Waals surface area contributed by atoms with Crippen LogP contribution in [-0.2, 0) is 25.7 Å². The molecule has 1 saturated carbocycles. The highest BCUT2D eigenvalue weighted by molar-refractivity contribution is 5.51. The zero-order chi connectivity index (χ0) is 21.3. The fourth-order valence-electron chi connectivity index (χ4n) is 5.63. The predicted molar refractivity (Wildman–Crippen MR) is 116 cm³/mol. The van der Waals surface area contributed by atoms with E-state index in [1.54, 1.807) is 0 Å².